The SMILES string of the molecule is CC(C)(C)c1cc(-c2ccccc2)c2c(c1)-c1cccc(c1)-c1ccc3c(c1)c1cc(ccc1n3-c1ccccc1)-c1cccc(c1)-c1cc(C(C)(C)C)cc(-c3ccccc3)c1N1c3cc(-n4c5ccccc5c5ccc6c7ccccc7oc6c54)ccc3B3c4ccc(-n5c6ccccc6c6ccc7c8ccccc8oc7c65)cc4N2c2cc(C(C)(C)C)cc1c23. The Morgan fingerprint density at radius 3 is 1.02 bits per heavy atom. The van der Waals surface area contributed by atoms with Gasteiger partial charge in [0.2, 0.25) is 0 Å². The van der Waals surface area contributed by atoms with Crippen molar-refractivity contribution >= 4 is 167 Å². The average molecular weight is 1640 g/mol. The number of para-hydroxylation sites is 5. The van der Waals surface area contributed by atoms with Gasteiger partial charge in [-0.15, -0.1) is 0 Å². The molecule has 18 aromatic carbocycles. The summed E-state index contributed by atoms with van der Waals surface area (Å²) in [5.74, 6) is 0. The van der Waals surface area contributed by atoms with Gasteiger partial charge in [-0.05, 0) is 239 Å². The van der Waals surface area contributed by atoms with E-state index in [1.165, 1.54) is 43.9 Å². The number of hydrogen-bond donors (Lipinski definition) is 0. The second-order valence-electron chi connectivity index (χ2n) is 38.7. The summed E-state index contributed by atoms with van der Waals surface area (Å²) in [7, 11) is 0. The number of anilines is 6. The number of aromatic nitrogens is 3. The van der Waals surface area contributed by atoms with Crippen LogP contribution in [0.5, 0.6) is 0 Å². The zero-order valence-corrected chi connectivity index (χ0v) is 72.8. The first-order chi connectivity index (χ1) is 62.4. The van der Waals surface area contributed by atoms with Crippen LogP contribution in [0.15, 0.2) is 379 Å². The lowest BCUT2D eigenvalue weighted by Crippen LogP contribution is -2.61. The minimum absolute atomic E-state index is 0.299. The van der Waals surface area contributed by atoms with Crippen LogP contribution in [0.4, 0.5) is 34.1 Å². The van der Waals surface area contributed by atoms with E-state index >= 15 is 0 Å². The summed E-state index contributed by atoms with van der Waals surface area (Å²) < 4.78 is 21.9. The summed E-state index contributed by atoms with van der Waals surface area (Å²) >= 11 is 0. The number of fused-ring (bicyclic) bond motifs is 34. The van der Waals surface area contributed by atoms with Crippen LogP contribution < -0.4 is 26.2 Å². The van der Waals surface area contributed by atoms with Gasteiger partial charge >= 0.3 is 0 Å². The predicted molar refractivity (Wildman–Crippen MR) is 540 cm³/mol. The maximum Gasteiger partial charge on any atom is 0.252 e. The first-order valence-corrected chi connectivity index (χ1v) is 45.0. The fraction of sp³-hybridized carbons (Fsp3) is 0.100. The molecule has 0 saturated heterocycles. The normalized spacial score (nSPS) is 13.1. The molecule has 0 atom stereocenters. The Balaban J connectivity index is 0.866. The maximum absolute atomic E-state index is 7.24. The largest absolute Gasteiger partial charge is 0.454 e. The Kier molecular flexibility index (Phi) is 15.7. The molecule has 7 nitrogen and oxygen atoms in total. The van der Waals surface area contributed by atoms with Crippen molar-refractivity contribution in [2.24, 2.45) is 0 Å². The number of furan rings is 2. The van der Waals surface area contributed by atoms with Gasteiger partial charge in [0, 0.05) is 116 Å². The first-order valence-electron chi connectivity index (χ1n) is 45.0. The Labute approximate surface area is 742 Å². The van der Waals surface area contributed by atoms with Gasteiger partial charge < -0.3 is 32.3 Å². The molecule has 0 unspecified atom stereocenters. The van der Waals surface area contributed by atoms with Crippen molar-refractivity contribution in [2.75, 3.05) is 9.80 Å². The zero-order valence-electron chi connectivity index (χ0n) is 72.8. The zero-order chi connectivity index (χ0) is 85.6. The molecule has 128 heavy (non-hydrogen) atoms. The lowest BCUT2D eigenvalue weighted by Gasteiger charge is -2.47. The number of rotatable bonds is 5. The van der Waals surface area contributed by atoms with Crippen LogP contribution in [-0.2, 0) is 16.2 Å². The molecule has 13 bridgehead atoms. The highest BCUT2D eigenvalue weighted by atomic mass is 16.3. The summed E-state index contributed by atoms with van der Waals surface area (Å²) in [6.07, 6.45) is 0. The van der Waals surface area contributed by atoms with Gasteiger partial charge in [-0.2, -0.15) is 0 Å². The molecule has 0 spiro atoms. The number of hydrogen-bond acceptors (Lipinski definition) is 4. The third-order valence-corrected chi connectivity index (χ3v) is 28.1. The third-order valence-electron chi connectivity index (χ3n) is 28.1. The summed E-state index contributed by atoms with van der Waals surface area (Å²) in [4.78, 5) is 5.52. The molecular weight excluding hydrogens is 1550 g/mol. The van der Waals surface area contributed by atoms with Crippen LogP contribution in [-0.4, -0.2) is 20.4 Å². The summed E-state index contributed by atoms with van der Waals surface area (Å²) in [6, 6.07) is 141. The van der Waals surface area contributed by atoms with E-state index in [0.717, 1.165) is 216 Å². The molecule has 5 aromatic heterocycles. The Morgan fingerprint density at radius 2 is 0.578 bits per heavy atom. The lowest BCUT2D eigenvalue weighted by molar-refractivity contribution is 0.590. The monoisotopic (exact) mass is 1640 g/mol. The van der Waals surface area contributed by atoms with E-state index in [1.54, 1.807) is 0 Å². The van der Waals surface area contributed by atoms with Crippen LogP contribution in [0.25, 0.3) is 193 Å². The van der Waals surface area contributed by atoms with Crippen molar-refractivity contribution in [3.8, 4) is 83.8 Å². The molecule has 23 aromatic rings. The molecule has 0 aliphatic carbocycles. The maximum atomic E-state index is 7.24. The van der Waals surface area contributed by atoms with Gasteiger partial charge in [0.1, 0.15) is 11.2 Å². The molecule has 3 aliphatic rings. The minimum atomic E-state index is -0.425. The molecule has 26 rings (SSSR count). The Bertz CT molecular complexity index is 8240. The van der Waals surface area contributed by atoms with Crippen molar-refractivity contribution in [1.29, 1.82) is 0 Å². The highest BCUT2D eigenvalue weighted by molar-refractivity contribution is 7.00. The van der Waals surface area contributed by atoms with Gasteiger partial charge in [0.15, 0.2) is 11.2 Å². The molecular formula is C120H88BN5O2. The van der Waals surface area contributed by atoms with E-state index in [2.05, 4.69) is 456 Å². The van der Waals surface area contributed by atoms with Crippen LogP contribution >= 0.6 is 0 Å². The van der Waals surface area contributed by atoms with E-state index in [-0.39, 0.29) is 17.5 Å². The van der Waals surface area contributed by atoms with Crippen LogP contribution in [0.3, 0.4) is 0 Å². The van der Waals surface area contributed by atoms with Crippen LogP contribution in [0.1, 0.15) is 79.0 Å². The van der Waals surface area contributed by atoms with Gasteiger partial charge in [-0.3, -0.25) is 0 Å². The summed E-state index contributed by atoms with van der Waals surface area (Å²) in [6.45, 7) is 21.1. The van der Waals surface area contributed by atoms with Crippen LogP contribution in [0.2, 0.25) is 0 Å². The lowest BCUT2D eigenvalue weighted by atomic mass is 9.33. The van der Waals surface area contributed by atoms with E-state index in [9.17, 15) is 0 Å². The summed E-state index contributed by atoms with van der Waals surface area (Å²) in [5, 5.41) is 11.3. The predicted octanol–water partition coefficient (Wildman–Crippen LogP) is 31.1. The van der Waals surface area contributed by atoms with Gasteiger partial charge in [-0.25, -0.2) is 0 Å². The molecule has 0 fully saturated rings. The van der Waals surface area contributed by atoms with Crippen molar-refractivity contribution in [3.05, 3.63) is 387 Å². The van der Waals surface area contributed by atoms with Crippen molar-refractivity contribution in [3.63, 3.8) is 0 Å². The van der Waals surface area contributed by atoms with E-state index in [4.69, 9.17) is 8.83 Å². The average Bonchev–Trinajstić information content (AvgIpc) is 0.778. The quantitative estimate of drug-likeness (QED) is 0.161. The van der Waals surface area contributed by atoms with Crippen molar-refractivity contribution in [2.45, 2.75) is 78.6 Å². The molecule has 8 heterocycles. The molecule has 0 N–H and O–H groups in total. The van der Waals surface area contributed by atoms with Gasteiger partial charge in [0.05, 0.1) is 44.5 Å². The third kappa shape index (κ3) is 10.9. The second kappa shape index (κ2) is 27.1. The standard InChI is InChI=1S/C120H88BN5O2/c1-118(2,3)79-63-93(71-29-13-10-14-30-71)112-95(65-79)77-35-27-33-73(59-77)75-47-57-103-97(61-75)98-62-76(48-58-104(98)122(103)82-37-17-12-18-38-82)74-34-28-36-78(60-74)96-66-80(119(4,5)6)64-94(72-31-15-11-16-32-72)113(96)126-106-70-84(124-102-44-24-20-40-86(102)90-52-54-92-88-42-22-26-46-110(88)128-117(92)115(90)124)50-56-100(106)121-99-55-49-83(69-105(99)125(112)107-67-81(120(7,8)9)68-108(126)111(107)121)123-101-43-23-19-39-85(101)89-51-53-91-87-41-21-25-45-109(87)127-116(91)114(89)123/h10-70H,1-9H3. The fourth-order valence-electron chi connectivity index (χ4n) is 21.9. The Hall–Kier alpha value is -15.4. The van der Waals surface area contributed by atoms with Gasteiger partial charge in [0.25, 0.3) is 6.71 Å². The van der Waals surface area contributed by atoms with E-state index in [1.807, 2.05) is 0 Å². The molecule has 0 amide bonds. The molecule has 0 radical (unpaired) electrons. The van der Waals surface area contributed by atoms with E-state index in [0.29, 0.717) is 0 Å². The fourth-order valence-corrected chi connectivity index (χ4v) is 21.9. The molecule has 8 heteroatoms. The number of nitrogens with zero attached hydrogens (tertiary/aromatic N) is 5. The second-order valence-corrected chi connectivity index (χ2v) is 38.7. The highest BCUT2D eigenvalue weighted by Gasteiger charge is 2.47. The highest BCUT2D eigenvalue weighted by Crippen LogP contribution is 2.58. The number of benzene rings is 18. The topological polar surface area (TPSA) is 47.6 Å². The van der Waals surface area contributed by atoms with Gasteiger partial charge in [-0.1, -0.05) is 287 Å². The summed E-state index contributed by atoms with van der Waals surface area (Å²) in [5.41, 5.74) is 39.3. The van der Waals surface area contributed by atoms with Crippen molar-refractivity contribution in [1.82, 2.24) is 13.7 Å². The molecule has 0 saturated carbocycles. The van der Waals surface area contributed by atoms with Crippen LogP contribution in [0, 0.1) is 0 Å². The van der Waals surface area contributed by atoms with E-state index < -0.39 is 5.41 Å². The minimum Gasteiger partial charge on any atom is -0.454 e. The smallest absolute Gasteiger partial charge is 0.252 e. The molecule has 608 valence electrons. The molecule has 3 aliphatic heterocycles. The first kappa shape index (κ1) is 74.1. The van der Waals surface area contributed by atoms with Crippen molar-refractivity contribution < 1.29 is 8.83 Å². The Morgan fingerprint density at radius 1 is 0.227 bits per heavy atom.